The maximum Gasteiger partial charge on any atom is 0.0571 e. The molecule has 0 amide bonds. The Hall–Kier alpha value is -0.820. The van der Waals surface area contributed by atoms with Gasteiger partial charge in [-0.3, -0.25) is 0 Å². The fourth-order valence-corrected chi connectivity index (χ4v) is 4.70. The summed E-state index contributed by atoms with van der Waals surface area (Å²) < 4.78 is 0. The summed E-state index contributed by atoms with van der Waals surface area (Å²) in [7, 11) is 0. The molecule has 2 saturated carbocycles. The lowest BCUT2D eigenvalue weighted by Gasteiger charge is -2.42. The van der Waals surface area contributed by atoms with E-state index in [0.29, 0.717) is 11.8 Å². The monoisotopic (exact) mass is 286 g/mol. The van der Waals surface area contributed by atoms with Crippen LogP contribution in [0.1, 0.15) is 63.9 Å². The minimum Gasteiger partial charge on any atom is -0.393 e. The molecule has 0 spiro atoms. The van der Waals surface area contributed by atoms with Gasteiger partial charge in [-0.15, -0.1) is 0 Å². The summed E-state index contributed by atoms with van der Waals surface area (Å²) in [6, 6.07) is 10.9. The minimum absolute atomic E-state index is 0.0597. The lowest BCUT2D eigenvalue weighted by atomic mass is 9.64. The average Bonchev–Trinajstić information content (AvgIpc) is 2.51. The molecule has 21 heavy (non-hydrogen) atoms. The highest BCUT2D eigenvalue weighted by Crippen LogP contribution is 2.45. The molecule has 6 atom stereocenters. The van der Waals surface area contributed by atoms with Gasteiger partial charge in [0.25, 0.3) is 0 Å². The van der Waals surface area contributed by atoms with Crippen LogP contribution in [0.15, 0.2) is 30.3 Å². The fraction of sp³-hybridized carbons (Fsp3) is 0.700. The summed E-state index contributed by atoms with van der Waals surface area (Å²) in [5.41, 5.74) is 1.48. The normalized spacial score (nSPS) is 40.9. The predicted molar refractivity (Wildman–Crippen MR) is 88.2 cm³/mol. The van der Waals surface area contributed by atoms with Crippen LogP contribution < -0.4 is 0 Å². The number of benzene rings is 1. The summed E-state index contributed by atoms with van der Waals surface area (Å²) in [4.78, 5) is 0. The van der Waals surface area contributed by atoms with E-state index in [1.165, 1.54) is 31.2 Å². The van der Waals surface area contributed by atoms with Gasteiger partial charge in [0.1, 0.15) is 0 Å². The molecule has 1 N–H and O–H groups in total. The molecule has 1 heteroatoms. The van der Waals surface area contributed by atoms with Crippen molar-refractivity contribution in [2.75, 3.05) is 0 Å². The van der Waals surface area contributed by atoms with Crippen LogP contribution in [0.4, 0.5) is 0 Å². The Morgan fingerprint density at radius 2 is 1.62 bits per heavy atom. The molecule has 0 bridgehead atoms. The van der Waals surface area contributed by atoms with Crippen LogP contribution in [-0.4, -0.2) is 11.2 Å². The summed E-state index contributed by atoms with van der Waals surface area (Å²) in [6.07, 6.45) is 7.28. The van der Waals surface area contributed by atoms with E-state index < -0.39 is 0 Å². The SMILES string of the molecule is CC1CCC(C2CC(c3ccccc3)CCC2O)CC1C. The van der Waals surface area contributed by atoms with E-state index in [1.54, 1.807) is 0 Å². The molecule has 2 aliphatic rings. The third-order valence-electron chi connectivity index (χ3n) is 6.38. The number of aliphatic hydroxyl groups excluding tert-OH is 1. The first-order valence-electron chi connectivity index (χ1n) is 8.88. The molecular weight excluding hydrogens is 256 g/mol. The van der Waals surface area contributed by atoms with Crippen molar-refractivity contribution in [1.29, 1.82) is 0 Å². The van der Waals surface area contributed by atoms with Gasteiger partial charge in [0.05, 0.1) is 6.10 Å². The minimum atomic E-state index is -0.0597. The Labute approximate surface area is 129 Å². The van der Waals surface area contributed by atoms with E-state index in [0.717, 1.165) is 30.6 Å². The Morgan fingerprint density at radius 3 is 2.33 bits per heavy atom. The second kappa shape index (κ2) is 6.52. The fourth-order valence-electron chi connectivity index (χ4n) is 4.70. The number of rotatable bonds is 2. The molecule has 2 aliphatic carbocycles. The van der Waals surface area contributed by atoms with E-state index in [-0.39, 0.29) is 6.10 Å². The van der Waals surface area contributed by atoms with Crippen LogP contribution in [0.5, 0.6) is 0 Å². The lowest BCUT2D eigenvalue weighted by molar-refractivity contribution is 0.00588. The van der Waals surface area contributed by atoms with Crippen molar-refractivity contribution >= 4 is 0 Å². The standard InChI is InChI=1S/C20H30O/c1-14-8-9-18(12-15(14)2)19-13-17(10-11-20(19)21)16-6-4-3-5-7-16/h3-7,14-15,17-21H,8-13H2,1-2H3. The van der Waals surface area contributed by atoms with Gasteiger partial charge in [0, 0.05) is 0 Å². The topological polar surface area (TPSA) is 20.2 Å². The highest BCUT2D eigenvalue weighted by atomic mass is 16.3. The van der Waals surface area contributed by atoms with Crippen LogP contribution >= 0.6 is 0 Å². The van der Waals surface area contributed by atoms with Gasteiger partial charge in [-0.25, -0.2) is 0 Å². The zero-order valence-electron chi connectivity index (χ0n) is 13.5. The molecular formula is C20H30O. The third kappa shape index (κ3) is 3.34. The van der Waals surface area contributed by atoms with Crippen molar-refractivity contribution in [2.45, 2.75) is 64.4 Å². The van der Waals surface area contributed by atoms with Crippen LogP contribution in [0.3, 0.4) is 0 Å². The molecule has 6 unspecified atom stereocenters. The van der Waals surface area contributed by atoms with Crippen molar-refractivity contribution in [3.8, 4) is 0 Å². The smallest absolute Gasteiger partial charge is 0.0571 e. The Kier molecular flexibility index (Phi) is 4.69. The van der Waals surface area contributed by atoms with Gasteiger partial charge in [0.15, 0.2) is 0 Å². The number of hydrogen-bond donors (Lipinski definition) is 1. The van der Waals surface area contributed by atoms with Crippen LogP contribution in [0.25, 0.3) is 0 Å². The Balaban J connectivity index is 1.69. The second-order valence-corrected chi connectivity index (χ2v) is 7.68. The zero-order valence-corrected chi connectivity index (χ0v) is 13.5. The number of aliphatic hydroxyl groups is 1. The van der Waals surface area contributed by atoms with Crippen molar-refractivity contribution < 1.29 is 5.11 Å². The van der Waals surface area contributed by atoms with Crippen molar-refractivity contribution in [1.82, 2.24) is 0 Å². The summed E-state index contributed by atoms with van der Waals surface area (Å²) in [6.45, 7) is 4.80. The highest BCUT2D eigenvalue weighted by molar-refractivity contribution is 5.20. The number of hydrogen-bond acceptors (Lipinski definition) is 1. The van der Waals surface area contributed by atoms with Gasteiger partial charge in [-0.05, 0) is 67.3 Å². The Bertz CT molecular complexity index is 440. The summed E-state index contributed by atoms with van der Waals surface area (Å²) in [5, 5.41) is 10.5. The van der Waals surface area contributed by atoms with Crippen molar-refractivity contribution in [2.24, 2.45) is 23.7 Å². The molecule has 3 rings (SSSR count). The second-order valence-electron chi connectivity index (χ2n) is 7.68. The Morgan fingerprint density at radius 1 is 0.857 bits per heavy atom. The zero-order chi connectivity index (χ0) is 14.8. The van der Waals surface area contributed by atoms with E-state index >= 15 is 0 Å². The predicted octanol–water partition coefficient (Wildman–Crippen LogP) is 5.00. The first-order valence-corrected chi connectivity index (χ1v) is 8.88. The van der Waals surface area contributed by atoms with E-state index in [4.69, 9.17) is 0 Å². The van der Waals surface area contributed by atoms with E-state index in [9.17, 15) is 5.11 Å². The molecule has 1 aromatic rings. The molecule has 2 fully saturated rings. The van der Waals surface area contributed by atoms with Crippen LogP contribution in [0, 0.1) is 23.7 Å². The average molecular weight is 286 g/mol. The molecule has 1 nitrogen and oxygen atoms in total. The van der Waals surface area contributed by atoms with Crippen LogP contribution in [-0.2, 0) is 0 Å². The highest BCUT2D eigenvalue weighted by Gasteiger charge is 2.37. The first-order chi connectivity index (χ1) is 10.1. The maximum absolute atomic E-state index is 10.5. The van der Waals surface area contributed by atoms with Crippen molar-refractivity contribution in [3.63, 3.8) is 0 Å². The molecule has 0 aliphatic heterocycles. The first kappa shape index (κ1) is 15.1. The largest absolute Gasteiger partial charge is 0.393 e. The summed E-state index contributed by atoms with van der Waals surface area (Å²) >= 11 is 0. The van der Waals surface area contributed by atoms with Crippen LogP contribution in [0.2, 0.25) is 0 Å². The molecule has 1 aromatic carbocycles. The van der Waals surface area contributed by atoms with E-state index in [2.05, 4.69) is 44.2 Å². The van der Waals surface area contributed by atoms with E-state index in [1.807, 2.05) is 0 Å². The third-order valence-corrected chi connectivity index (χ3v) is 6.38. The van der Waals surface area contributed by atoms with Gasteiger partial charge in [0.2, 0.25) is 0 Å². The maximum atomic E-state index is 10.5. The van der Waals surface area contributed by atoms with Gasteiger partial charge in [-0.1, -0.05) is 50.6 Å². The summed E-state index contributed by atoms with van der Waals surface area (Å²) in [5.74, 6) is 3.63. The van der Waals surface area contributed by atoms with Gasteiger partial charge < -0.3 is 5.11 Å². The molecule has 0 radical (unpaired) electrons. The molecule has 0 heterocycles. The molecule has 0 aromatic heterocycles. The quantitative estimate of drug-likeness (QED) is 0.811. The van der Waals surface area contributed by atoms with Gasteiger partial charge >= 0.3 is 0 Å². The van der Waals surface area contributed by atoms with Crippen molar-refractivity contribution in [3.05, 3.63) is 35.9 Å². The molecule has 0 saturated heterocycles. The molecule has 116 valence electrons. The lowest BCUT2D eigenvalue weighted by Crippen LogP contribution is -2.37. The van der Waals surface area contributed by atoms with Gasteiger partial charge in [-0.2, -0.15) is 0 Å².